The minimum Gasteiger partial charge on any atom is -0.481 e. The predicted molar refractivity (Wildman–Crippen MR) is 145 cm³/mol. The van der Waals surface area contributed by atoms with Crippen molar-refractivity contribution in [3.05, 3.63) is 42.0 Å². The van der Waals surface area contributed by atoms with Gasteiger partial charge < -0.3 is 31.1 Å². The van der Waals surface area contributed by atoms with Crippen molar-refractivity contribution in [2.24, 2.45) is 0 Å². The summed E-state index contributed by atoms with van der Waals surface area (Å²) in [5.41, 5.74) is 1.02. The Hall–Kier alpha value is -5.08. The van der Waals surface area contributed by atoms with Crippen molar-refractivity contribution in [2.45, 2.75) is 64.8 Å². The molecule has 0 radical (unpaired) electrons. The van der Waals surface area contributed by atoms with Crippen molar-refractivity contribution in [1.82, 2.24) is 20.9 Å². The van der Waals surface area contributed by atoms with Gasteiger partial charge in [0.2, 0.25) is 23.6 Å². The lowest BCUT2D eigenvalue weighted by atomic mass is 10.1. The van der Waals surface area contributed by atoms with Gasteiger partial charge in [-0.25, -0.2) is 0 Å². The van der Waals surface area contributed by atoms with Crippen LogP contribution in [0.15, 0.2) is 36.4 Å². The molecule has 0 unspecified atom stereocenters. The molecule has 0 aliphatic carbocycles. The highest BCUT2D eigenvalue weighted by molar-refractivity contribution is 6.13. The largest absolute Gasteiger partial charge is 0.481 e. The fourth-order valence-electron chi connectivity index (χ4n) is 3.58. The number of carbonyl (C=O) groups excluding carboxylic acids is 7. The number of anilines is 1. The number of ether oxygens (including phenoxy) is 1. The Kier molecular flexibility index (Phi) is 12.3. The zero-order chi connectivity index (χ0) is 31.4. The minimum atomic E-state index is -1.25. The Balaban J connectivity index is 1.90. The average molecular weight is 588 g/mol. The number of carboxylic acid groups (broad SMARTS) is 1. The number of benzene rings is 1. The van der Waals surface area contributed by atoms with Gasteiger partial charge in [0.1, 0.15) is 24.7 Å². The molecule has 5 N–H and O–H groups in total. The molecule has 0 bridgehead atoms. The van der Waals surface area contributed by atoms with Gasteiger partial charge in [-0.1, -0.05) is 12.1 Å². The van der Waals surface area contributed by atoms with Gasteiger partial charge in [-0.05, 0) is 38.0 Å². The van der Waals surface area contributed by atoms with Crippen LogP contribution in [-0.4, -0.2) is 82.1 Å². The van der Waals surface area contributed by atoms with Crippen molar-refractivity contribution in [3.8, 4) is 0 Å². The second-order valence-corrected chi connectivity index (χ2v) is 9.39. The maximum absolute atomic E-state index is 12.9. The van der Waals surface area contributed by atoms with E-state index in [4.69, 9.17) is 9.84 Å². The van der Waals surface area contributed by atoms with Crippen LogP contribution in [0.2, 0.25) is 0 Å². The summed E-state index contributed by atoms with van der Waals surface area (Å²) in [5.74, 6) is -5.50. The Morgan fingerprint density at radius 2 is 1.40 bits per heavy atom. The maximum atomic E-state index is 12.9. The average Bonchev–Trinajstić information content (AvgIpc) is 3.25. The van der Waals surface area contributed by atoms with E-state index in [0.29, 0.717) is 11.3 Å². The fourth-order valence-corrected chi connectivity index (χ4v) is 3.58. The molecule has 0 aromatic heterocycles. The van der Waals surface area contributed by atoms with Crippen LogP contribution < -0.4 is 21.3 Å². The number of amides is 6. The van der Waals surface area contributed by atoms with Crippen LogP contribution in [0.3, 0.4) is 0 Å². The van der Waals surface area contributed by atoms with E-state index < -0.39 is 71.9 Å². The predicted octanol–water partition coefficient (Wildman–Crippen LogP) is -0.638. The SMILES string of the molecule is CC(=O)OCc1ccc(NC(=O)[C@H](CCC(=O)O)NC(=O)[C@H](C)NC(=O)[C@@H](C)NC(=O)CCN2C(=O)C=CC2=O)cc1. The second kappa shape index (κ2) is 15.6. The zero-order valence-electron chi connectivity index (χ0n) is 23.3. The molecule has 0 saturated heterocycles. The standard InChI is InChI=1S/C27H33N5O10/c1-15(28-21(34)12-13-32-22(35)9-10-23(32)36)25(39)29-16(2)26(40)31-20(8-11-24(37)38)27(41)30-19-6-4-18(5-7-19)14-42-17(3)33/h4-7,9-10,15-16,20H,8,11-14H2,1-3H3,(H,28,34)(H,29,39)(H,30,41)(H,31,40)(H,37,38)/t15-,16+,20+/m1/s1. The van der Waals surface area contributed by atoms with E-state index in [1.165, 1.54) is 20.8 Å². The van der Waals surface area contributed by atoms with Crippen molar-refractivity contribution in [3.63, 3.8) is 0 Å². The van der Waals surface area contributed by atoms with Crippen molar-refractivity contribution >= 4 is 53.1 Å². The van der Waals surface area contributed by atoms with Crippen molar-refractivity contribution in [1.29, 1.82) is 0 Å². The number of rotatable bonds is 15. The summed E-state index contributed by atoms with van der Waals surface area (Å²) < 4.78 is 4.90. The molecule has 226 valence electrons. The van der Waals surface area contributed by atoms with Crippen LogP contribution in [0, 0.1) is 0 Å². The topological polar surface area (TPSA) is 217 Å². The van der Waals surface area contributed by atoms with E-state index in [0.717, 1.165) is 17.1 Å². The fraction of sp³-hybridized carbons (Fsp3) is 0.407. The second-order valence-electron chi connectivity index (χ2n) is 9.39. The van der Waals surface area contributed by atoms with Gasteiger partial charge in [0, 0.05) is 44.1 Å². The van der Waals surface area contributed by atoms with Crippen LogP contribution in [0.1, 0.15) is 45.6 Å². The first-order valence-corrected chi connectivity index (χ1v) is 13.0. The van der Waals surface area contributed by atoms with Gasteiger partial charge in [0.25, 0.3) is 11.8 Å². The van der Waals surface area contributed by atoms with Gasteiger partial charge in [-0.3, -0.25) is 43.3 Å². The lowest BCUT2D eigenvalue weighted by Gasteiger charge is -2.22. The molecule has 15 heteroatoms. The highest BCUT2D eigenvalue weighted by Gasteiger charge is 2.27. The first-order chi connectivity index (χ1) is 19.8. The van der Waals surface area contributed by atoms with Gasteiger partial charge in [-0.2, -0.15) is 0 Å². The number of aliphatic carboxylic acids is 1. The summed E-state index contributed by atoms with van der Waals surface area (Å²) in [7, 11) is 0. The highest BCUT2D eigenvalue weighted by Crippen LogP contribution is 2.12. The number of nitrogens with one attached hydrogen (secondary N) is 4. The summed E-state index contributed by atoms with van der Waals surface area (Å²) in [5, 5.41) is 18.9. The van der Waals surface area contributed by atoms with Crippen LogP contribution in [-0.2, 0) is 49.7 Å². The third-order valence-corrected chi connectivity index (χ3v) is 5.93. The van der Waals surface area contributed by atoms with E-state index in [9.17, 15) is 38.4 Å². The summed E-state index contributed by atoms with van der Waals surface area (Å²) in [4.78, 5) is 96.4. The molecule has 2 rings (SSSR count). The Morgan fingerprint density at radius 3 is 1.98 bits per heavy atom. The van der Waals surface area contributed by atoms with E-state index in [1.54, 1.807) is 24.3 Å². The highest BCUT2D eigenvalue weighted by atomic mass is 16.5. The van der Waals surface area contributed by atoms with Crippen LogP contribution in [0.25, 0.3) is 0 Å². The van der Waals surface area contributed by atoms with E-state index in [2.05, 4.69) is 21.3 Å². The van der Waals surface area contributed by atoms with Crippen LogP contribution >= 0.6 is 0 Å². The number of carboxylic acids is 1. The molecular weight excluding hydrogens is 554 g/mol. The van der Waals surface area contributed by atoms with Gasteiger partial charge in [0.05, 0.1) is 0 Å². The molecule has 1 aliphatic rings. The Morgan fingerprint density at radius 1 is 0.833 bits per heavy atom. The molecular formula is C27H33N5O10. The zero-order valence-corrected chi connectivity index (χ0v) is 23.3. The normalized spacial score (nSPS) is 14.4. The first kappa shape index (κ1) is 33.1. The van der Waals surface area contributed by atoms with E-state index >= 15 is 0 Å². The van der Waals surface area contributed by atoms with E-state index in [1.807, 2.05) is 0 Å². The molecule has 6 amide bonds. The summed E-state index contributed by atoms with van der Waals surface area (Å²) >= 11 is 0. The summed E-state index contributed by atoms with van der Waals surface area (Å²) in [6.45, 7) is 3.86. The molecule has 1 aliphatic heterocycles. The quantitative estimate of drug-likeness (QED) is 0.129. The third-order valence-electron chi connectivity index (χ3n) is 5.93. The number of esters is 1. The smallest absolute Gasteiger partial charge is 0.303 e. The van der Waals surface area contributed by atoms with E-state index in [-0.39, 0.29) is 26.0 Å². The summed E-state index contributed by atoms with van der Waals surface area (Å²) in [6, 6.07) is 2.82. The maximum Gasteiger partial charge on any atom is 0.303 e. The van der Waals surface area contributed by atoms with Gasteiger partial charge >= 0.3 is 11.9 Å². The lowest BCUT2D eigenvalue weighted by molar-refractivity contribution is -0.142. The van der Waals surface area contributed by atoms with Gasteiger partial charge in [-0.15, -0.1) is 0 Å². The molecule has 0 saturated carbocycles. The molecule has 1 heterocycles. The number of hydrogen-bond donors (Lipinski definition) is 5. The molecule has 0 fully saturated rings. The van der Waals surface area contributed by atoms with Crippen LogP contribution in [0.4, 0.5) is 5.69 Å². The summed E-state index contributed by atoms with van der Waals surface area (Å²) in [6.07, 6.45) is 1.29. The lowest BCUT2D eigenvalue weighted by Crippen LogP contribution is -2.54. The molecule has 0 spiro atoms. The minimum absolute atomic E-state index is 0.0467. The number of hydrogen-bond acceptors (Lipinski definition) is 9. The Labute approximate surface area is 241 Å². The molecule has 15 nitrogen and oxygen atoms in total. The molecule has 42 heavy (non-hydrogen) atoms. The van der Waals surface area contributed by atoms with Crippen molar-refractivity contribution < 1.29 is 48.2 Å². The first-order valence-electron chi connectivity index (χ1n) is 13.0. The van der Waals surface area contributed by atoms with Crippen LogP contribution in [0.5, 0.6) is 0 Å². The van der Waals surface area contributed by atoms with Gasteiger partial charge in [0.15, 0.2) is 0 Å². The van der Waals surface area contributed by atoms with Crippen molar-refractivity contribution in [2.75, 3.05) is 11.9 Å². The number of imide groups is 1. The molecule has 1 aromatic carbocycles. The monoisotopic (exact) mass is 587 g/mol. The number of carbonyl (C=O) groups is 8. The third kappa shape index (κ3) is 10.8. The number of nitrogens with zero attached hydrogens (tertiary/aromatic N) is 1. The molecule has 1 aromatic rings. The Bertz CT molecular complexity index is 1240. The molecule has 3 atom stereocenters.